The van der Waals surface area contributed by atoms with Gasteiger partial charge in [0.25, 0.3) is 5.89 Å². The summed E-state index contributed by atoms with van der Waals surface area (Å²) >= 11 is 1.29. The van der Waals surface area contributed by atoms with Gasteiger partial charge in [0.05, 0.1) is 5.54 Å². The molecule has 0 atom stereocenters. The number of thiophene rings is 1. The fraction of sp³-hybridized carbons (Fsp3) is 0.647. The van der Waals surface area contributed by atoms with Gasteiger partial charge in [-0.05, 0) is 43.6 Å². The molecule has 0 bridgehead atoms. The lowest BCUT2D eigenvalue weighted by molar-refractivity contribution is 0.229. The minimum atomic E-state index is -3.63. The Morgan fingerprint density at radius 1 is 1.19 bits per heavy atom. The monoisotopic (exact) mass is 396 g/mol. The van der Waals surface area contributed by atoms with Crippen molar-refractivity contribution < 1.29 is 12.9 Å². The molecule has 0 aromatic carbocycles. The molecule has 2 fully saturated rings. The summed E-state index contributed by atoms with van der Waals surface area (Å²) in [6, 6.07) is 1.60. The van der Waals surface area contributed by atoms with E-state index < -0.39 is 15.6 Å². The second-order valence-electron chi connectivity index (χ2n) is 7.36. The third-order valence-electron chi connectivity index (χ3n) is 5.41. The van der Waals surface area contributed by atoms with Crippen LogP contribution in [0.5, 0.6) is 0 Å². The molecule has 142 valence electrons. The fourth-order valence-electron chi connectivity index (χ4n) is 3.64. The van der Waals surface area contributed by atoms with Crippen molar-refractivity contribution in [2.45, 2.75) is 74.3 Å². The quantitative estimate of drug-likeness (QED) is 0.751. The number of nitrogens with two attached hydrogens (primary N) is 1. The van der Waals surface area contributed by atoms with E-state index in [1.807, 2.05) is 0 Å². The molecule has 0 unspecified atom stereocenters. The van der Waals surface area contributed by atoms with Gasteiger partial charge in [-0.25, -0.2) is 13.1 Å². The van der Waals surface area contributed by atoms with Gasteiger partial charge >= 0.3 is 0 Å². The third-order valence-corrected chi connectivity index (χ3v) is 8.00. The second-order valence-corrected chi connectivity index (χ2v) is 9.96. The summed E-state index contributed by atoms with van der Waals surface area (Å²) in [6.45, 7) is 0. The van der Waals surface area contributed by atoms with E-state index in [0.29, 0.717) is 10.7 Å². The molecule has 2 aromatic heterocycles. The Labute approximate surface area is 157 Å². The zero-order chi connectivity index (χ0) is 18.2. The standard InChI is InChI=1S/C17H24N4O3S2/c18-17(9-5-10-17)16-19-15(24-20-16)14-13(8-11-25-14)26(22,23)21-12-6-3-1-2-4-7-12/h8,11-12,21H,1-7,9-10,18H2. The molecule has 2 aromatic rings. The Kier molecular flexibility index (Phi) is 4.89. The number of nitrogens with zero attached hydrogens (tertiary/aromatic N) is 2. The first kappa shape index (κ1) is 18.1. The Hall–Kier alpha value is -1.29. The van der Waals surface area contributed by atoms with Gasteiger partial charge in [-0.2, -0.15) is 4.98 Å². The number of nitrogens with one attached hydrogen (secondary N) is 1. The topological polar surface area (TPSA) is 111 Å². The maximum atomic E-state index is 12.9. The molecule has 9 heteroatoms. The van der Waals surface area contributed by atoms with Gasteiger partial charge in [-0.1, -0.05) is 30.8 Å². The molecule has 0 saturated heterocycles. The number of hydrogen-bond donors (Lipinski definition) is 2. The van der Waals surface area contributed by atoms with Crippen molar-refractivity contribution in [3.05, 3.63) is 17.3 Å². The van der Waals surface area contributed by atoms with Crippen LogP contribution in [0, 0.1) is 0 Å². The highest BCUT2D eigenvalue weighted by atomic mass is 32.2. The molecule has 3 N–H and O–H groups in total. The summed E-state index contributed by atoms with van der Waals surface area (Å²) in [5.41, 5.74) is 5.71. The van der Waals surface area contributed by atoms with Gasteiger partial charge in [0.2, 0.25) is 10.0 Å². The minimum Gasteiger partial charge on any atom is -0.333 e. The number of aromatic nitrogens is 2. The van der Waals surface area contributed by atoms with E-state index in [1.165, 1.54) is 24.2 Å². The van der Waals surface area contributed by atoms with E-state index in [2.05, 4.69) is 14.9 Å². The van der Waals surface area contributed by atoms with E-state index in [9.17, 15) is 8.42 Å². The molecule has 2 aliphatic rings. The van der Waals surface area contributed by atoms with Crippen LogP contribution < -0.4 is 10.5 Å². The number of hydrogen-bond acceptors (Lipinski definition) is 7. The van der Waals surface area contributed by atoms with Gasteiger partial charge in [0.1, 0.15) is 9.77 Å². The Balaban J connectivity index is 1.58. The zero-order valence-electron chi connectivity index (χ0n) is 14.6. The summed E-state index contributed by atoms with van der Waals surface area (Å²) < 4.78 is 34.1. The van der Waals surface area contributed by atoms with Gasteiger partial charge in [0, 0.05) is 6.04 Å². The largest absolute Gasteiger partial charge is 0.333 e. The van der Waals surface area contributed by atoms with Crippen molar-refractivity contribution in [2.24, 2.45) is 5.73 Å². The van der Waals surface area contributed by atoms with Crippen LogP contribution in [0.3, 0.4) is 0 Å². The molecule has 0 spiro atoms. The molecule has 4 rings (SSSR count). The van der Waals surface area contributed by atoms with Gasteiger partial charge in [0.15, 0.2) is 5.82 Å². The average molecular weight is 397 g/mol. The highest BCUT2D eigenvalue weighted by Gasteiger charge is 2.39. The highest BCUT2D eigenvalue weighted by molar-refractivity contribution is 7.89. The molecular formula is C17H24N4O3S2. The maximum Gasteiger partial charge on any atom is 0.269 e. The second kappa shape index (κ2) is 7.03. The molecule has 2 aliphatic carbocycles. The maximum absolute atomic E-state index is 12.9. The van der Waals surface area contributed by atoms with Crippen molar-refractivity contribution in [1.82, 2.24) is 14.9 Å². The summed E-state index contributed by atoms with van der Waals surface area (Å²) in [7, 11) is -3.63. The van der Waals surface area contributed by atoms with Crippen molar-refractivity contribution >= 4 is 21.4 Å². The van der Waals surface area contributed by atoms with Crippen molar-refractivity contribution in [2.75, 3.05) is 0 Å². The predicted molar refractivity (Wildman–Crippen MR) is 99.1 cm³/mol. The summed E-state index contributed by atoms with van der Waals surface area (Å²) in [6.07, 6.45) is 8.95. The summed E-state index contributed by atoms with van der Waals surface area (Å²) in [5, 5.41) is 5.74. The van der Waals surface area contributed by atoms with Crippen LogP contribution in [0.2, 0.25) is 0 Å². The minimum absolute atomic E-state index is 0.00390. The molecular weight excluding hydrogens is 372 g/mol. The summed E-state index contributed by atoms with van der Waals surface area (Å²) in [5.74, 6) is 0.695. The predicted octanol–water partition coefficient (Wildman–Crippen LogP) is 3.14. The molecule has 0 amide bonds. The lowest BCUT2D eigenvalue weighted by atomic mass is 9.77. The third kappa shape index (κ3) is 3.45. The molecule has 0 aliphatic heterocycles. The van der Waals surface area contributed by atoms with E-state index in [0.717, 1.165) is 44.9 Å². The smallest absolute Gasteiger partial charge is 0.269 e. The van der Waals surface area contributed by atoms with Crippen LogP contribution in [0.25, 0.3) is 10.8 Å². The molecule has 26 heavy (non-hydrogen) atoms. The van der Waals surface area contributed by atoms with E-state index in [-0.39, 0.29) is 16.8 Å². The van der Waals surface area contributed by atoms with Crippen LogP contribution in [0.15, 0.2) is 20.9 Å². The van der Waals surface area contributed by atoms with E-state index in [1.54, 1.807) is 11.4 Å². The first-order chi connectivity index (χ1) is 12.5. The van der Waals surface area contributed by atoms with Crippen LogP contribution in [-0.4, -0.2) is 24.6 Å². The van der Waals surface area contributed by atoms with Crippen LogP contribution in [0.1, 0.15) is 63.6 Å². The molecule has 0 radical (unpaired) electrons. The molecule has 2 heterocycles. The van der Waals surface area contributed by atoms with Crippen molar-refractivity contribution in [3.8, 4) is 10.8 Å². The van der Waals surface area contributed by atoms with Gasteiger partial charge in [-0.15, -0.1) is 11.3 Å². The van der Waals surface area contributed by atoms with Crippen LogP contribution in [-0.2, 0) is 15.6 Å². The van der Waals surface area contributed by atoms with Gasteiger partial charge < -0.3 is 10.3 Å². The summed E-state index contributed by atoms with van der Waals surface area (Å²) in [4.78, 5) is 5.09. The zero-order valence-corrected chi connectivity index (χ0v) is 16.2. The Morgan fingerprint density at radius 2 is 1.92 bits per heavy atom. The van der Waals surface area contributed by atoms with Gasteiger partial charge in [-0.3, -0.25) is 0 Å². The lowest BCUT2D eigenvalue weighted by Crippen LogP contribution is -2.44. The molecule has 7 nitrogen and oxygen atoms in total. The van der Waals surface area contributed by atoms with Crippen LogP contribution >= 0.6 is 11.3 Å². The van der Waals surface area contributed by atoms with Crippen LogP contribution in [0.4, 0.5) is 0 Å². The van der Waals surface area contributed by atoms with E-state index in [4.69, 9.17) is 10.3 Å². The normalized spacial score (nSPS) is 21.3. The number of sulfonamides is 1. The highest BCUT2D eigenvalue weighted by Crippen LogP contribution is 2.39. The van der Waals surface area contributed by atoms with Crippen molar-refractivity contribution in [3.63, 3.8) is 0 Å². The number of rotatable bonds is 5. The average Bonchev–Trinajstić information content (AvgIpc) is 3.19. The first-order valence-electron chi connectivity index (χ1n) is 9.21. The molecule has 2 saturated carbocycles. The first-order valence-corrected chi connectivity index (χ1v) is 11.6. The van der Waals surface area contributed by atoms with Crippen molar-refractivity contribution in [1.29, 1.82) is 0 Å². The Morgan fingerprint density at radius 3 is 2.58 bits per heavy atom. The lowest BCUT2D eigenvalue weighted by Gasteiger charge is -2.34. The SMILES string of the molecule is NC1(c2noc(-c3sccc3S(=O)(=O)NC3CCCCCC3)n2)CCC1. The Bertz CT molecular complexity index is 862. The fourth-order valence-corrected chi connectivity index (χ4v) is 6.29. The van der Waals surface area contributed by atoms with E-state index >= 15 is 0 Å².